The molecule has 0 aliphatic carbocycles. The van der Waals surface area contributed by atoms with E-state index >= 15 is 0 Å². The minimum atomic E-state index is -0.523. The zero-order valence-electron chi connectivity index (χ0n) is 12.9. The van der Waals surface area contributed by atoms with Crippen molar-refractivity contribution in [3.05, 3.63) is 58.9 Å². The maximum absolute atomic E-state index is 13.7. The van der Waals surface area contributed by atoms with Crippen molar-refractivity contribution in [3.63, 3.8) is 0 Å². The average molecular weight is 326 g/mol. The molecule has 2 aromatic carbocycles. The van der Waals surface area contributed by atoms with Crippen molar-refractivity contribution in [2.45, 2.75) is 6.42 Å². The molecular weight excluding hydrogens is 311 g/mol. The lowest BCUT2D eigenvalue weighted by atomic mass is 9.98. The number of carbonyl (C=O) groups is 1. The highest BCUT2D eigenvalue weighted by Gasteiger charge is 2.26. The Morgan fingerprint density at radius 3 is 2.71 bits per heavy atom. The summed E-state index contributed by atoms with van der Waals surface area (Å²) in [6.45, 7) is 1.19. The Labute approximate surface area is 138 Å². The number of para-hydroxylation sites is 2. The summed E-state index contributed by atoms with van der Waals surface area (Å²) in [5.41, 5.74) is 1.45. The second-order valence-corrected chi connectivity index (χ2v) is 5.63. The number of ether oxygens (including phenoxy) is 3. The third kappa shape index (κ3) is 2.52. The van der Waals surface area contributed by atoms with Crippen LogP contribution in [0.3, 0.4) is 0 Å². The van der Waals surface area contributed by atoms with Crippen molar-refractivity contribution in [3.8, 4) is 17.2 Å². The SMILES string of the molecule is O=C1/C(=C/c2cccc3c2OCCCO3)COc2c(F)cccc21. The zero-order valence-corrected chi connectivity index (χ0v) is 12.9. The minimum absolute atomic E-state index is 0.0196. The highest BCUT2D eigenvalue weighted by atomic mass is 19.1. The second kappa shape index (κ2) is 6.00. The van der Waals surface area contributed by atoms with Crippen molar-refractivity contribution in [2.75, 3.05) is 19.8 Å². The first-order valence-electron chi connectivity index (χ1n) is 7.79. The molecule has 2 aromatic rings. The van der Waals surface area contributed by atoms with Crippen molar-refractivity contribution in [1.29, 1.82) is 0 Å². The topological polar surface area (TPSA) is 44.8 Å². The smallest absolute Gasteiger partial charge is 0.196 e. The van der Waals surface area contributed by atoms with Crippen molar-refractivity contribution in [2.24, 2.45) is 0 Å². The largest absolute Gasteiger partial charge is 0.490 e. The van der Waals surface area contributed by atoms with Gasteiger partial charge in [-0.3, -0.25) is 4.79 Å². The molecule has 0 unspecified atom stereocenters. The Hall–Kier alpha value is -2.82. The van der Waals surface area contributed by atoms with Crippen molar-refractivity contribution in [1.82, 2.24) is 0 Å². The molecule has 0 fully saturated rings. The molecule has 2 aliphatic rings. The molecule has 4 rings (SSSR count). The summed E-state index contributed by atoms with van der Waals surface area (Å²) in [7, 11) is 0. The maximum atomic E-state index is 13.7. The van der Waals surface area contributed by atoms with E-state index in [0.29, 0.717) is 30.3 Å². The van der Waals surface area contributed by atoms with E-state index in [0.717, 1.165) is 12.0 Å². The number of hydrogen-bond acceptors (Lipinski definition) is 4. The number of halogens is 1. The summed E-state index contributed by atoms with van der Waals surface area (Å²) in [6, 6.07) is 9.90. The van der Waals surface area contributed by atoms with E-state index in [-0.39, 0.29) is 23.7 Å². The summed E-state index contributed by atoms with van der Waals surface area (Å²) in [5.74, 6) is 0.553. The molecule has 0 spiro atoms. The van der Waals surface area contributed by atoms with Crippen LogP contribution in [-0.2, 0) is 0 Å². The van der Waals surface area contributed by atoms with E-state index in [2.05, 4.69) is 0 Å². The van der Waals surface area contributed by atoms with Crippen molar-refractivity contribution >= 4 is 11.9 Å². The van der Waals surface area contributed by atoms with E-state index < -0.39 is 5.82 Å². The van der Waals surface area contributed by atoms with E-state index in [1.807, 2.05) is 18.2 Å². The Bertz CT molecular complexity index is 841. The van der Waals surface area contributed by atoms with Crippen LogP contribution in [0.25, 0.3) is 6.08 Å². The van der Waals surface area contributed by atoms with Crippen molar-refractivity contribution < 1.29 is 23.4 Å². The second-order valence-electron chi connectivity index (χ2n) is 5.63. The van der Waals surface area contributed by atoms with Crippen LogP contribution < -0.4 is 14.2 Å². The molecule has 0 aromatic heterocycles. The quantitative estimate of drug-likeness (QED) is 0.751. The number of rotatable bonds is 1. The monoisotopic (exact) mass is 326 g/mol. The highest BCUT2D eigenvalue weighted by Crippen LogP contribution is 2.36. The number of benzene rings is 2. The minimum Gasteiger partial charge on any atom is -0.490 e. The Morgan fingerprint density at radius 2 is 1.79 bits per heavy atom. The molecular formula is C19H15FO4. The van der Waals surface area contributed by atoms with Crippen LogP contribution in [0.5, 0.6) is 17.2 Å². The highest BCUT2D eigenvalue weighted by molar-refractivity contribution is 6.14. The molecule has 122 valence electrons. The summed E-state index contributed by atoms with van der Waals surface area (Å²) in [4.78, 5) is 12.6. The average Bonchev–Trinajstić information content (AvgIpc) is 2.84. The van der Waals surface area contributed by atoms with Gasteiger partial charge in [0, 0.05) is 17.6 Å². The fourth-order valence-corrected chi connectivity index (χ4v) is 2.85. The van der Waals surface area contributed by atoms with Gasteiger partial charge >= 0.3 is 0 Å². The number of ketones is 1. The molecule has 0 bridgehead atoms. The number of Topliss-reactive ketones (excluding diaryl/α,β-unsaturated/α-hetero) is 1. The molecule has 0 radical (unpaired) electrons. The molecule has 0 N–H and O–H groups in total. The molecule has 2 heterocycles. The standard InChI is InChI=1S/C19H15FO4/c20-15-6-2-5-14-17(21)13(11-24-19(14)15)10-12-4-1-7-16-18(12)23-9-3-8-22-16/h1-2,4-7,10H,3,8-9,11H2/b13-10+. The van der Waals surface area contributed by atoms with Crippen LogP contribution in [0.4, 0.5) is 4.39 Å². The van der Waals surface area contributed by atoms with Gasteiger partial charge < -0.3 is 14.2 Å². The van der Waals surface area contributed by atoms with Crippen LogP contribution in [0.2, 0.25) is 0 Å². The van der Waals surface area contributed by atoms with Gasteiger partial charge in [-0.05, 0) is 24.3 Å². The molecule has 0 saturated carbocycles. The van der Waals surface area contributed by atoms with E-state index in [4.69, 9.17) is 14.2 Å². The van der Waals surface area contributed by atoms with Gasteiger partial charge in [-0.1, -0.05) is 18.2 Å². The normalized spacial score (nSPS) is 17.9. The molecule has 4 nitrogen and oxygen atoms in total. The van der Waals surface area contributed by atoms with Crippen LogP contribution in [0, 0.1) is 5.82 Å². The van der Waals surface area contributed by atoms with Crippen LogP contribution in [-0.4, -0.2) is 25.6 Å². The zero-order chi connectivity index (χ0) is 16.5. The third-order valence-electron chi connectivity index (χ3n) is 4.01. The fourth-order valence-electron chi connectivity index (χ4n) is 2.85. The van der Waals surface area contributed by atoms with Crippen LogP contribution in [0.1, 0.15) is 22.3 Å². The van der Waals surface area contributed by atoms with Crippen LogP contribution in [0.15, 0.2) is 42.0 Å². The van der Waals surface area contributed by atoms with Gasteiger partial charge in [0.15, 0.2) is 28.8 Å². The van der Waals surface area contributed by atoms with Gasteiger partial charge in [-0.15, -0.1) is 0 Å². The molecule has 0 atom stereocenters. The van der Waals surface area contributed by atoms with Gasteiger partial charge in [0.1, 0.15) is 6.61 Å². The lowest BCUT2D eigenvalue weighted by Crippen LogP contribution is -2.20. The van der Waals surface area contributed by atoms with E-state index in [1.54, 1.807) is 12.1 Å². The number of hydrogen-bond donors (Lipinski definition) is 0. The lowest BCUT2D eigenvalue weighted by molar-refractivity contribution is 0.0998. The Kier molecular flexibility index (Phi) is 3.69. The summed E-state index contributed by atoms with van der Waals surface area (Å²) < 4.78 is 30.6. The number of carbonyl (C=O) groups excluding carboxylic acids is 1. The molecule has 0 saturated heterocycles. The lowest BCUT2D eigenvalue weighted by Gasteiger charge is -2.19. The Balaban J connectivity index is 1.74. The van der Waals surface area contributed by atoms with E-state index in [1.165, 1.54) is 12.1 Å². The Morgan fingerprint density at radius 1 is 0.958 bits per heavy atom. The van der Waals surface area contributed by atoms with Gasteiger partial charge in [0.2, 0.25) is 0 Å². The molecule has 2 aliphatic heterocycles. The molecule has 24 heavy (non-hydrogen) atoms. The van der Waals surface area contributed by atoms with E-state index in [9.17, 15) is 9.18 Å². The predicted molar refractivity (Wildman–Crippen MR) is 86.3 cm³/mol. The first-order valence-corrected chi connectivity index (χ1v) is 7.79. The first-order chi connectivity index (χ1) is 11.7. The fraction of sp³-hybridized carbons (Fsp3) is 0.211. The summed E-state index contributed by atoms with van der Waals surface area (Å²) in [6.07, 6.45) is 2.53. The maximum Gasteiger partial charge on any atom is 0.196 e. The van der Waals surface area contributed by atoms with Gasteiger partial charge in [0.05, 0.1) is 18.8 Å². The summed E-state index contributed by atoms with van der Waals surface area (Å²) in [5, 5.41) is 0. The first kappa shape index (κ1) is 14.8. The van der Waals surface area contributed by atoms with Gasteiger partial charge in [-0.2, -0.15) is 0 Å². The predicted octanol–water partition coefficient (Wildman–Crippen LogP) is 3.65. The van der Waals surface area contributed by atoms with Crippen LogP contribution >= 0.6 is 0 Å². The molecule has 5 heteroatoms. The third-order valence-corrected chi connectivity index (χ3v) is 4.01. The summed E-state index contributed by atoms with van der Waals surface area (Å²) >= 11 is 0. The van der Waals surface area contributed by atoms with Gasteiger partial charge in [-0.25, -0.2) is 4.39 Å². The van der Waals surface area contributed by atoms with Gasteiger partial charge in [0.25, 0.3) is 0 Å². The molecule has 0 amide bonds. The number of fused-ring (bicyclic) bond motifs is 2.